The van der Waals surface area contributed by atoms with Crippen LogP contribution in [0.5, 0.6) is 0 Å². The third kappa shape index (κ3) is 3.70. The molecule has 1 aromatic rings. The number of hydrogen-bond acceptors (Lipinski definition) is 3. The van der Waals surface area contributed by atoms with Gasteiger partial charge in [-0.3, -0.25) is 9.48 Å². The first-order valence-corrected chi connectivity index (χ1v) is 6.81. The normalized spacial score (nSPS) is 15.4. The van der Waals surface area contributed by atoms with Gasteiger partial charge in [0, 0.05) is 32.4 Å². The lowest BCUT2D eigenvalue weighted by atomic mass is 10.2. The van der Waals surface area contributed by atoms with E-state index in [-0.39, 0.29) is 18.3 Å². The lowest BCUT2D eigenvalue weighted by molar-refractivity contribution is 0.0728. The van der Waals surface area contributed by atoms with E-state index in [0.717, 1.165) is 39.0 Å². The van der Waals surface area contributed by atoms with Gasteiger partial charge in [0.2, 0.25) is 0 Å². The van der Waals surface area contributed by atoms with Crippen molar-refractivity contribution in [3.05, 3.63) is 18.0 Å². The Balaban J connectivity index is 0.00000180. The van der Waals surface area contributed by atoms with Crippen molar-refractivity contribution in [3.8, 4) is 0 Å². The SMILES string of the molecule is CCC(CC)n1ccc(C(=O)N2CCNCC2)n1.Cl. The number of rotatable bonds is 4. The first-order chi connectivity index (χ1) is 8.76. The molecule has 1 fully saturated rings. The van der Waals surface area contributed by atoms with Gasteiger partial charge in [-0.1, -0.05) is 13.8 Å². The van der Waals surface area contributed by atoms with Gasteiger partial charge in [-0.2, -0.15) is 5.10 Å². The molecular weight excluding hydrogens is 264 g/mol. The molecule has 0 radical (unpaired) electrons. The third-order valence-corrected chi connectivity index (χ3v) is 3.55. The van der Waals surface area contributed by atoms with E-state index >= 15 is 0 Å². The van der Waals surface area contributed by atoms with Crippen molar-refractivity contribution >= 4 is 18.3 Å². The van der Waals surface area contributed by atoms with E-state index in [1.165, 1.54) is 0 Å². The molecule has 19 heavy (non-hydrogen) atoms. The molecule has 2 rings (SSSR count). The summed E-state index contributed by atoms with van der Waals surface area (Å²) < 4.78 is 1.93. The van der Waals surface area contributed by atoms with Crippen LogP contribution in [0.4, 0.5) is 0 Å². The molecule has 1 amide bonds. The lowest BCUT2D eigenvalue weighted by Crippen LogP contribution is -2.46. The summed E-state index contributed by atoms with van der Waals surface area (Å²) in [6.45, 7) is 7.59. The minimum atomic E-state index is 0. The van der Waals surface area contributed by atoms with Crippen LogP contribution in [-0.4, -0.2) is 46.8 Å². The molecule has 5 nitrogen and oxygen atoms in total. The van der Waals surface area contributed by atoms with Crippen LogP contribution < -0.4 is 5.32 Å². The molecule has 0 saturated carbocycles. The number of aromatic nitrogens is 2. The minimum Gasteiger partial charge on any atom is -0.335 e. The maximum atomic E-state index is 12.2. The average Bonchev–Trinajstić information content (AvgIpc) is 2.90. The van der Waals surface area contributed by atoms with Gasteiger partial charge in [0.1, 0.15) is 5.69 Å². The summed E-state index contributed by atoms with van der Waals surface area (Å²) >= 11 is 0. The largest absolute Gasteiger partial charge is 0.335 e. The first-order valence-electron chi connectivity index (χ1n) is 6.81. The van der Waals surface area contributed by atoms with Crippen molar-refractivity contribution in [2.75, 3.05) is 26.2 Å². The van der Waals surface area contributed by atoms with Crippen molar-refractivity contribution in [2.24, 2.45) is 0 Å². The summed E-state index contributed by atoms with van der Waals surface area (Å²) in [5.41, 5.74) is 0.573. The molecule has 0 aliphatic carbocycles. The highest BCUT2D eigenvalue weighted by atomic mass is 35.5. The van der Waals surface area contributed by atoms with E-state index in [2.05, 4.69) is 24.3 Å². The van der Waals surface area contributed by atoms with Crippen LogP contribution in [0.3, 0.4) is 0 Å². The molecule has 1 N–H and O–H groups in total. The van der Waals surface area contributed by atoms with Crippen LogP contribution in [0.15, 0.2) is 12.3 Å². The quantitative estimate of drug-likeness (QED) is 0.917. The maximum absolute atomic E-state index is 12.2. The zero-order valence-electron chi connectivity index (χ0n) is 11.6. The van der Waals surface area contributed by atoms with E-state index < -0.39 is 0 Å². The second kappa shape index (κ2) is 7.50. The van der Waals surface area contributed by atoms with Gasteiger partial charge in [0.25, 0.3) is 5.91 Å². The molecule has 2 heterocycles. The summed E-state index contributed by atoms with van der Waals surface area (Å²) in [4.78, 5) is 14.1. The van der Waals surface area contributed by atoms with Gasteiger partial charge in [0.15, 0.2) is 0 Å². The van der Waals surface area contributed by atoms with Gasteiger partial charge >= 0.3 is 0 Å². The predicted molar refractivity (Wildman–Crippen MR) is 77.9 cm³/mol. The molecule has 1 aliphatic heterocycles. The Labute approximate surface area is 120 Å². The van der Waals surface area contributed by atoms with Crippen LogP contribution >= 0.6 is 12.4 Å². The molecule has 0 unspecified atom stereocenters. The highest BCUT2D eigenvalue weighted by molar-refractivity contribution is 5.92. The Morgan fingerprint density at radius 3 is 2.58 bits per heavy atom. The van der Waals surface area contributed by atoms with Crippen molar-refractivity contribution < 1.29 is 4.79 Å². The van der Waals surface area contributed by atoms with Crippen LogP contribution in [0.1, 0.15) is 43.2 Å². The standard InChI is InChI=1S/C13H22N4O.ClH/c1-3-11(4-2)17-8-5-12(15-17)13(18)16-9-6-14-7-10-16;/h5,8,11,14H,3-4,6-7,9-10H2,1-2H3;1H. The topological polar surface area (TPSA) is 50.2 Å². The Bertz CT molecular complexity index is 397. The molecule has 1 aromatic heterocycles. The molecule has 0 spiro atoms. The van der Waals surface area contributed by atoms with Crippen LogP contribution in [0.2, 0.25) is 0 Å². The molecular formula is C13H23ClN4O. The maximum Gasteiger partial charge on any atom is 0.274 e. The highest BCUT2D eigenvalue weighted by Gasteiger charge is 2.20. The fourth-order valence-electron chi connectivity index (χ4n) is 2.35. The lowest BCUT2D eigenvalue weighted by Gasteiger charge is -2.26. The summed E-state index contributed by atoms with van der Waals surface area (Å²) in [6.07, 6.45) is 4.01. The number of amides is 1. The van der Waals surface area contributed by atoms with Crippen LogP contribution in [-0.2, 0) is 0 Å². The summed E-state index contributed by atoms with van der Waals surface area (Å²) in [5.74, 6) is 0.0567. The van der Waals surface area contributed by atoms with Gasteiger partial charge in [0.05, 0.1) is 6.04 Å². The van der Waals surface area contributed by atoms with E-state index in [4.69, 9.17) is 0 Å². The van der Waals surface area contributed by atoms with Crippen LogP contribution in [0.25, 0.3) is 0 Å². The highest BCUT2D eigenvalue weighted by Crippen LogP contribution is 2.15. The number of halogens is 1. The molecule has 0 atom stereocenters. The number of carbonyl (C=O) groups is 1. The average molecular weight is 287 g/mol. The Kier molecular flexibility index (Phi) is 6.31. The van der Waals surface area contributed by atoms with Gasteiger partial charge in [-0.15, -0.1) is 12.4 Å². The number of carbonyl (C=O) groups excluding carboxylic acids is 1. The Morgan fingerprint density at radius 1 is 1.37 bits per heavy atom. The second-order valence-corrected chi connectivity index (χ2v) is 4.69. The predicted octanol–water partition coefficient (Wildman–Crippen LogP) is 1.71. The summed E-state index contributed by atoms with van der Waals surface area (Å²) in [5, 5.41) is 7.68. The minimum absolute atomic E-state index is 0. The van der Waals surface area contributed by atoms with Gasteiger partial charge < -0.3 is 10.2 Å². The van der Waals surface area contributed by atoms with E-state index in [1.807, 2.05) is 21.8 Å². The number of nitrogens with one attached hydrogen (secondary N) is 1. The summed E-state index contributed by atoms with van der Waals surface area (Å²) in [6, 6.07) is 2.23. The fourth-order valence-corrected chi connectivity index (χ4v) is 2.35. The van der Waals surface area contributed by atoms with Crippen molar-refractivity contribution in [3.63, 3.8) is 0 Å². The number of hydrogen-bond donors (Lipinski definition) is 1. The number of piperazine rings is 1. The monoisotopic (exact) mass is 286 g/mol. The molecule has 6 heteroatoms. The van der Waals surface area contributed by atoms with Gasteiger partial charge in [-0.25, -0.2) is 0 Å². The van der Waals surface area contributed by atoms with Crippen molar-refractivity contribution in [2.45, 2.75) is 32.7 Å². The van der Waals surface area contributed by atoms with E-state index in [9.17, 15) is 4.79 Å². The van der Waals surface area contributed by atoms with Crippen LogP contribution in [0, 0.1) is 0 Å². The molecule has 1 aliphatic rings. The zero-order chi connectivity index (χ0) is 13.0. The summed E-state index contributed by atoms with van der Waals surface area (Å²) in [7, 11) is 0. The third-order valence-electron chi connectivity index (χ3n) is 3.55. The first kappa shape index (κ1) is 16.0. The Morgan fingerprint density at radius 2 is 2.00 bits per heavy atom. The van der Waals surface area contributed by atoms with Crippen molar-refractivity contribution in [1.82, 2.24) is 20.0 Å². The second-order valence-electron chi connectivity index (χ2n) is 4.69. The smallest absolute Gasteiger partial charge is 0.274 e. The fraction of sp³-hybridized carbons (Fsp3) is 0.692. The number of nitrogens with zero attached hydrogens (tertiary/aromatic N) is 3. The van der Waals surface area contributed by atoms with Crippen molar-refractivity contribution in [1.29, 1.82) is 0 Å². The molecule has 1 saturated heterocycles. The van der Waals surface area contributed by atoms with Gasteiger partial charge in [-0.05, 0) is 18.9 Å². The molecule has 108 valence electrons. The Hall–Kier alpha value is -1.07. The van der Waals surface area contributed by atoms with E-state index in [0.29, 0.717) is 11.7 Å². The van der Waals surface area contributed by atoms with E-state index in [1.54, 1.807) is 0 Å². The zero-order valence-corrected chi connectivity index (χ0v) is 12.4. The molecule has 0 bridgehead atoms. The molecule has 0 aromatic carbocycles.